The molecule has 0 radical (unpaired) electrons. The summed E-state index contributed by atoms with van der Waals surface area (Å²) < 4.78 is 0. The number of amides is 1. The lowest BCUT2D eigenvalue weighted by Gasteiger charge is -2.08. The zero-order valence-electron chi connectivity index (χ0n) is 8.74. The van der Waals surface area contributed by atoms with Gasteiger partial charge in [-0.2, -0.15) is 0 Å². The number of rotatable bonds is 2. The Bertz CT molecular complexity index is 494. The molecule has 1 aromatic rings. The van der Waals surface area contributed by atoms with E-state index in [9.17, 15) is 9.59 Å². The van der Waals surface area contributed by atoms with Crippen LogP contribution < -0.4 is 4.90 Å². The minimum Gasteiger partial charge on any atom is -0.311 e. The van der Waals surface area contributed by atoms with Crippen LogP contribution in [0.25, 0.3) is 5.57 Å². The Kier molecular flexibility index (Phi) is 2.92. The SMILES string of the molecule is CN1C(=O)/C(=C(/C=O)CBr)c2ccccc21. The second-order valence-corrected chi connectivity index (χ2v) is 4.09. The van der Waals surface area contributed by atoms with E-state index in [2.05, 4.69) is 15.9 Å². The number of nitrogens with zero attached hydrogens (tertiary/aromatic N) is 1. The van der Waals surface area contributed by atoms with E-state index in [1.54, 1.807) is 11.9 Å². The third-order valence-electron chi connectivity index (χ3n) is 2.66. The number of alkyl halides is 1. The lowest BCUT2D eigenvalue weighted by atomic mass is 10.0. The Balaban J connectivity index is 2.70. The predicted octanol–water partition coefficient (Wildman–Crippen LogP) is 2.01. The highest BCUT2D eigenvalue weighted by molar-refractivity contribution is 9.09. The number of allylic oxidation sites excluding steroid dienone is 1. The number of carbonyl (C=O) groups is 2. The molecule has 0 saturated carbocycles. The number of hydrogen-bond donors (Lipinski definition) is 0. The Hall–Kier alpha value is -1.42. The van der Waals surface area contributed by atoms with Gasteiger partial charge >= 0.3 is 0 Å². The second-order valence-electron chi connectivity index (χ2n) is 3.53. The van der Waals surface area contributed by atoms with E-state index in [1.807, 2.05) is 24.3 Å². The van der Waals surface area contributed by atoms with Gasteiger partial charge in [-0.25, -0.2) is 0 Å². The number of para-hydroxylation sites is 1. The summed E-state index contributed by atoms with van der Waals surface area (Å²) in [6, 6.07) is 7.47. The van der Waals surface area contributed by atoms with Crippen LogP contribution in [0.3, 0.4) is 0 Å². The van der Waals surface area contributed by atoms with Crippen LogP contribution in [0.2, 0.25) is 0 Å². The van der Waals surface area contributed by atoms with Crippen LogP contribution >= 0.6 is 15.9 Å². The van der Waals surface area contributed by atoms with E-state index in [4.69, 9.17) is 0 Å². The number of benzene rings is 1. The van der Waals surface area contributed by atoms with E-state index in [0.717, 1.165) is 17.5 Å². The fourth-order valence-corrected chi connectivity index (χ4v) is 2.25. The topological polar surface area (TPSA) is 37.4 Å². The fourth-order valence-electron chi connectivity index (χ4n) is 1.84. The summed E-state index contributed by atoms with van der Waals surface area (Å²) in [6.45, 7) is 0. The van der Waals surface area contributed by atoms with Gasteiger partial charge in [0, 0.05) is 23.5 Å². The molecular weight excluding hydrogens is 270 g/mol. The highest BCUT2D eigenvalue weighted by Gasteiger charge is 2.31. The summed E-state index contributed by atoms with van der Waals surface area (Å²) in [5.74, 6) is -0.122. The molecule has 3 nitrogen and oxygen atoms in total. The molecule has 4 heteroatoms. The molecule has 1 amide bonds. The van der Waals surface area contributed by atoms with E-state index >= 15 is 0 Å². The van der Waals surface area contributed by atoms with Crippen molar-refractivity contribution in [1.29, 1.82) is 0 Å². The van der Waals surface area contributed by atoms with E-state index < -0.39 is 0 Å². The summed E-state index contributed by atoms with van der Waals surface area (Å²) >= 11 is 3.23. The van der Waals surface area contributed by atoms with Crippen LogP contribution in [-0.2, 0) is 9.59 Å². The van der Waals surface area contributed by atoms with Crippen molar-refractivity contribution in [3.8, 4) is 0 Å². The van der Waals surface area contributed by atoms with Gasteiger partial charge < -0.3 is 4.90 Å². The molecule has 0 spiro atoms. The highest BCUT2D eigenvalue weighted by atomic mass is 79.9. The predicted molar refractivity (Wildman–Crippen MR) is 66.6 cm³/mol. The van der Waals surface area contributed by atoms with Crippen molar-refractivity contribution < 1.29 is 9.59 Å². The standard InChI is InChI=1S/C12H10BrNO2/c1-14-10-5-3-2-4-9(10)11(12(14)16)8(6-13)7-15/h2-5,7H,6H2,1H3/b11-8+. The first kappa shape index (κ1) is 11.1. The van der Waals surface area contributed by atoms with Crippen LogP contribution in [0.15, 0.2) is 29.8 Å². The summed E-state index contributed by atoms with van der Waals surface area (Å²) in [6.07, 6.45) is 0.734. The molecule has 1 heterocycles. The fraction of sp³-hybridized carbons (Fsp3) is 0.167. The first-order chi connectivity index (χ1) is 7.70. The summed E-state index contributed by atoms with van der Waals surface area (Å²) in [5.41, 5.74) is 2.67. The van der Waals surface area contributed by atoms with Gasteiger partial charge in [-0.1, -0.05) is 34.1 Å². The molecule has 0 fully saturated rings. The molecule has 0 unspecified atom stereocenters. The molecule has 82 valence electrons. The maximum absolute atomic E-state index is 12.0. The first-order valence-corrected chi connectivity index (χ1v) is 5.94. The molecule has 0 aromatic heterocycles. The molecule has 0 saturated heterocycles. The Labute approximate surface area is 102 Å². The smallest absolute Gasteiger partial charge is 0.259 e. The Morgan fingerprint density at radius 1 is 1.44 bits per heavy atom. The summed E-state index contributed by atoms with van der Waals surface area (Å²) in [7, 11) is 1.71. The second kappa shape index (κ2) is 4.22. The molecular formula is C12H10BrNO2. The lowest BCUT2D eigenvalue weighted by Crippen LogP contribution is -2.21. The largest absolute Gasteiger partial charge is 0.311 e. The summed E-state index contributed by atoms with van der Waals surface area (Å²) in [5, 5.41) is 0.389. The zero-order chi connectivity index (χ0) is 11.7. The average Bonchev–Trinajstić information content (AvgIpc) is 2.57. The number of carbonyl (C=O) groups excluding carboxylic acids is 2. The minimum atomic E-state index is -0.122. The van der Waals surface area contributed by atoms with Gasteiger partial charge in [-0.3, -0.25) is 9.59 Å². The van der Waals surface area contributed by atoms with Crippen LogP contribution in [0, 0.1) is 0 Å². The van der Waals surface area contributed by atoms with Gasteiger partial charge in [-0.05, 0) is 6.07 Å². The lowest BCUT2D eigenvalue weighted by molar-refractivity contribution is -0.113. The van der Waals surface area contributed by atoms with E-state index in [1.165, 1.54) is 0 Å². The van der Waals surface area contributed by atoms with Gasteiger partial charge in [0.25, 0.3) is 5.91 Å². The van der Waals surface area contributed by atoms with Gasteiger partial charge in [0.15, 0.2) is 0 Å². The maximum atomic E-state index is 12.0. The molecule has 1 aliphatic heterocycles. The third-order valence-corrected chi connectivity index (χ3v) is 3.26. The molecule has 0 N–H and O–H groups in total. The third kappa shape index (κ3) is 1.50. The van der Waals surface area contributed by atoms with Crippen LogP contribution in [0.1, 0.15) is 5.56 Å². The van der Waals surface area contributed by atoms with Crippen LogP contribution in [0.5, 0.6) is 0 Å². The normalized spacial score (nSPS) is 17.4. The number of hydrogen-bond acceptors (Lipinski definition) is 2. The number of likely N-dealkylation sites (N-methyl/N-ethyl adjacent to an activating group) is 1. The van der Waals surface area contributed by atoms with Crippen molar-refractivity contribution in [2.45, 2.75) is 0 Å². The average molecular weight is 280 g/mol. The van der Waals surface area contributed by atoms with Crippen LogP contribution in [-0.4, -0.2) is 24.6 Å². The minimum absolute atomic E-state index is 0.122. The molecule has 2 rings (SSSR count). The number of fused-ring (bicyclic) bond motifs is 1. The molecule has 16 heavy (non-hydrogen) atoms. The molecule has 1 aliphatic rings. The van der Waals surface area contributed by atoms with Crippen molar-refractivity contribution in [3.63, 3.8) is 0 Å². The maximum Gasteiger partial charge on any atom is 0.259 e. The van der Waals surface area contributed by atoms with Gasteiger partial charge in [0.2, 0.25) is 0 Å². The molecule has 0 bridgehead atoms. The number of anilines is 1. The van der Waals surface area contributed by atoms with Crippen molar-refractivity contribution >= 4 is 39.4 Å². The molecule has 1 aromatic carbocycles. The van der Waals surface area contributed by atoms with Crippen molar-refractivity contribution in [2.75, 3.05) is 17.3 Å². The molecule has 0 aliphatic carbocycles. The van der Waals surface area contributed by atoms with Gasteiger partial charge in [-0.15, -0.1) is 0 Å². The van der Waals surface area contributed by atoms with Crippen molar-refractivity contribution in [1.82, 2.24) is 0 Å². The van der Waals surface area contributed by atoms with Crippen molar-refractivity contribution in [3.05, 3.63) is 35.4 Å². The number of aldehydes is 1. The van der Waals surface area contributed by atoms with E-state index in [-0.39, 0.29) is 5.91 Å². The van der Waals surface area contributed by atoms with E-state index in [0.29, 0.717) is 16.5 Å². The van der Waals surface area contributed by atoms with Gasteiger partial charge in [0.1, 0.15) is 6.29 Å². The highest BCUT2D eigenvalue weighted by Crippen LogP contribution is 2.37. The molecule has 0 atom stereocenters. The number of halogens is 1. The van der Waals surface area contributed by atoms with Crippen LogP contribution in [0.4, 0.5) is 5.69 Å². The van der Waals surface area contributed by atoms with Gasteiger partial charge in [0.05, 0.1) is 11.3 Å². The Morgan fingerprint density at radius 3 is 2.75 bits per heavy atom. The summed E-state index contributed by atoms with van der Waals surface area (Å²) in [4.78, 5) is 24.5. The first-order valence-electron chi connectivity index (χ1n) is 4.82. The van der Waals surface area contributed by atoms with Crippen molar-refractivity contribution in [2.24, 2.45) is 0 Å². The Morgan fingerprint density at radius 2 is 2.12 bits per heavy atom. The monoisotopic (exact) mass is 279 g/mol. The zero-order valence-corrected chi connectivity index (χ0v) is 10.3. The quantitative estimate of drug-likeness (QED) is 0.472.